The van der Waals surface area contributed by atoms with Gasteiger partial charge in [-0.2, -0.15) is 5.10 Å². The molecule has 0 unspecified atom stereocenters. The van der Waals surface area contributed by atoms with Gasteiger partial charge in [0.05, 0.1) is 11.4 Å². The Balaban J connectivity index is 1.97. The molecule has 1 aromatic carbocycles. The summed E-state index contributed by atoms with van der Waals surface area (Å²) in [5, 5.41) is 4.77. The minimum Gasteiger partial charge on any atom is -0.384 e. The highest BCUT2D eigenvalue weighted by atomic mass is 15.3. The zero-order valence-corrected chi connectivity index (χ0v) is 11.5. The van der Waals surface area contributed by atoms with Crippen molar-refractivity contribution in [2.24, 2.45) is 0 Å². The fraction of sp³-hybridized carbons (Fsp3) is 0.438. The van der Waals surface area contributed by atoms with Crippen LogP contribution in [-0.4, -0.2) is 9.78 Å². The van der Waals surface area contributed by atoms with Gasteiger partial charge in [0.2, 0.25) is 0 Å². The zero-order valence-electron chi connectivity index (χ0n) is 11.5. The van der Waals surface area contributed by atoms with Crippen LogP contribution in [0.25, 0.3) is 5.69 Å². The molecule has 0 spiro atoms. The number of aromatic nitrogens is 2. The average molecular weight is 255 g/mol. The first-order valence-electron chi connectivity index (χ1n) is 7.10. The summed E-state index contributed by atoms with van der Waals surface area (Å²) in [5.74, 6) is 0.730. The van der Waals surface area contributed by atoms with Gasteiger partial charge in [0.25, 0.3) is 0 Å². The van der Waals surface area contributed by atoms with E-state index >= 15 is 0 Å². The van der Waals surface area contributed by atoms with Gasteiger partial charge < -0.3 is 5.73 Å². The molecule has 1 heterocycles. The van der Waals surface area contributed by atoms with Crippen molar-refractivity contribution in [3.05, 3.63) is 42.1 Å². The van der Waals surface area contributed by atoms with Crippen LogP contribution in [0.1, 0.15) is 44.7 Å². The van der Waals surface area contributed by atoms with Crippen molar-refractivity contribution in [3.8, 4) is 5.69 Å². The van der Waals surface area contributed by atoms with E-state index in [9.17, 15) is 0 Å². The lowest BCUT2D eigenvalue weighted by molar-refractivity contribution is 0.311. The maximum absolute atomic E-state index is 6.14. The van der Waals surface area contributed by atoms with Crippen molar-refractivity contribution in [1.29, 1.82) is 0 Å². The Hall–Kier alpha value is -1.77. The first-order chi connectivity index (χ1) is 9.19. The topological polar surface area (TPSA) is 43.8 Å². The molecule has 2 N–H and O–H groups in total. The van der Waals surface area contributed by atoms with E-state index in [1.165, 1.54) is 32.1 Å². The van der Waals surface area contributed by atoms with Crippen LogP contribution in [0.2, 0.25) is 0 Å². The van der Waals surface area contributed by atoms with Gasteiger partial charge in [-0.1, -0.05) is 44.4 Å². The summed E-state index contributed by atoms with van der Waals surface area (Å²) in [6.45, 7) is 2.32. The third-order valence-corrected chi connectivity index (χ3v) is 4.31. The molecule has 0 bridgehead atoms. The molecular formula is C16H21N3. The number of hydrogen-bond acceptors (Lipinski definition) is 2. The van der Waals surface area contributed by atoms with Crippen LogP contribution in [0.15, 0.2) is 36.4 Å². The summed E-state index contributed by atoms with van der Waals surface area (Å²) in [5.41, 5.74) is 8.52. The fourth-order valence-electron chi connectivity index (χ4n) is 3.05. The number of nitrogens with two attached hydrogens (primary N) is 1. The smallest absolute Gasteiger partial charge is 0.127 e. The summed E-state index contributed by atoms with van der Waals surface area (Å²) >= 11 is 0. The van der Waals surface area contributed by atoms with Gasteiger partial charge in [-0.05, 0) is 25.0 Å². The van der Waals surface area contributed by atoms with Gasteiger partial charge in [-0.15, -0.1) is 0 Å². The standard InChI is InChI=1S/C16H21N3/c1-16(10-6-3-7-11-16)14-12-15(17)19(18-14)13-8-4-2-5-9-13/h2,4-5,8-9,12H,3,6-7,10-11,17H2,1H3. The summed E-state index contributed by atoms with van der Waals surface area (Å²) in [6, 6.07) is 12.2. The third-order valence-electron chi connectivity index (χ3n) is 4.31. The lowest BCUT2D eigenvalue weighted by atomic mass is 9.73. The van der Waals surface area contributed by atoms with Gasteiger partial charge in [-0.3, -0.25) is 0 Å². The Morgan fingerprint density at radius 3 is 2.47 bits per heavy atom. The maximum atomic E-state index is 6.14. The van der Waals surface area contributed by atoms with Crippen molar-refractivity contribution in [2.75, 3.05) is 5.73 Å². The third kappa shape index (κ3) is 2.25. The normalized spacial score (nSPS) is 18.4. The van der Waals surface area contributed by atoms with Gasteiger partial charge in [-0.25, -0.2) is 4.68 Å². The molecule has 0 radical (unpaired) electrons. The SMILES string of the molecule is CC1(c2cc(N)n(-c3ccccc3)n2)CCCCC1. The summed E-state index contributed by atoms with van der Waals surface area (Å²) < 4.78 is 1.86. The molecule has 100 valence electrons. The second-order valence-electron chi connectivity index (χ2n) is 5.82. The molecule has 0 atom stereocenters. The Morgan fingerprint density at radius 2 is 1.79 bits per heavy atom. The van der Waals surface area contributed by atoms with Crippen molar-refractivity contribution in [2.45, 2.75) is 44.4 Å². The molecule has 0 aliphatic heterocycles. The minimum atomic E-state index is 0.201. The van der Waals surface area contributed by atoms with Crippen LogP contribution in [0, 0.1) is 0 Å². The van der Waals surface area contributed by atoms with E-state index in [0.717, 1.165) is 17.2 Å². The van der Waals surface area contributed by atoms with Crippen LogP contribution in [-0.2, 0) is 5.41 Å². The highest BCUT2D eigenvalue weighted by Gasteiger charge is 2.31. The molecule has 2 aromatic rings. The first kappa shape index (κ1) is 12.3. The molecule has 1 aliphatic carbocycles. The van der Waals surface area contributed by atoms with Gasteiger partial charge >= 0.3 is 0 Å². The molecule has 1 fully saturated rings. The van der Waals surface area contributed by atoms with Crippen LogP contribution in [0.3, 0.4) is 0 Å². The number of benzene rings is 1. The van der Waals surface area contributed by atoms with E-state index in [-0.39, 0.29) is 5.41 Å². The van der Waals surface area contributed by atoms with Gasteiger partial charge in [0.1, 0.15) is 5.82 Å². The predicted molar refractivity (Wildman–Crippen MR) is 78.4 cm³/mol. The van der Waals surface area contributed by atoms with E-state index in [2.05, 4.69) is 13.0 Å². The molecule has 0 amide bonds. The van der Waals surface area contributed by atoms with E-state index < -0.39 is 0 Å². The number of nitrogens with zero attached hydrogens (tertiary/aromatic N) is 2. The first-order valence-corrected chi connectivity index (χ1v) is 7.10. The van der Waals surface area contributed by atoms with E-state index in [1.807, 2.05) is 35.0 Å². The molecule has 1 saturated carbocycles. The Kier molecular flexibility index (Phi) is 3.05. The van der Waals surface area contributed by atoms with Gasteiger partial charge in [0, 0.05) is 11.5 Å². The quantitative estimate of drug-likeness (QED) is 0.889. The van der Waals surface area contributed by atoms with Crippen LogP contribution in [0.4, 0.5) is 5.82 Å². The van der Waals surface area contributed by atoms with Crippen molar-refractivity contribution in [3.63, 3.8) is 0 Å². The lowest BCUT2D eigenvalue weighted by Gasteiger charge is -2.31. The number of para-hydroxylation sites is 1. The minimum absolute atomic E-state index is 0.201. The highest BCUT2D eigenvalue weighted by Crippen LogP contribution is 2.39. The summed E-state index contributed by atoms with van der Waals surface area (Å²) in [6.07, 6.45) is 6.39. The number of rotatable bonds is 2. The Bertz CT molecular complexity index is 551. The average Bonchev–Trinajstić information content (AvgIpc) is 2.84. The molecule has 0 saturated heterocycles. The number of hydrogen-bond donors (Lipinski definition) is 1. The molecule has 19 heavy (non-hydrogen) atoms. The monoisotopic (exact) mass is 255 g/mol. The summed E-state index contributed by atoms with van der Waals surface area (Å²) in [7, 11) is 0. The number of nitrogen functional groups attached to an aromatic ring is 1. The Labute approximate surface area is 114 Å². The molecular weight excluding hydrogens is 234 g/mol. The zero-order chi connectivity index (χ0) is 13.3. The molecule has 1 aliphatic rings. The maximum Gasteiger partial charge on any atom is 0.127 e. The second-order valence-corrected chi connectivity index (χ2v) is 5.82. The largest absolute Gasteiger partial charge is 0.384 e. The van der Waals surface area contributed by atoms with Crippen molar-refractivity contribution in [1.82, 2.24) is 9.78 Å². The van der Waals surface area contributed by atoms with Crippen molar-refractivity contribution < 1.29 is 0 Å². The number of anilines is 1. The predicted octanol–water partition coefficient (Wildman–Crippen LogP) is 3.68. The van der Waals surface area contributed by atoms with Crippen LogP contribution >= 0.6 is 0 Å². The van der Waals surface area contributed by atoms with E-state index in [0.29, 0.717) is 0 Å². The molecule has 1 aromatic heterocycles. The Morgan fingerprint density at radius 1 is 1.11 bits per heavy atom. The van der Waals surface area contributed by atoms with Crippen LogP contribution < -0.4 is 5.73 Å². The summed E-state index contributed by atoms with van der Waals surface area (Å²) in [4.78, 5) is 0. The molecule has 3 rings (SSSR count). The fourth-order valence-corrected chi connectivity index (χ4v) is 3.05. The molecule has 3 nitrogen and oxygen atoms in total. The molecule has 3 heteroatoms. The highest BCUT2D eigenvalue weighted by molar-refractivity contribution is 5.44. The van der Waals surface area contributed by atoms with Crippen LogP contribution in [0.5, 0.6) is 0 Å². The van der Waals surface area contributed by atoms with Crippen molar-refractivity contribution >= 4 is 5.82 Å². The van der Waals surface area contributed by atoms with E-state index in [1.54, 1.807) is 0 Å². The lowest BCUT2D eigenvalue weighted by Crippen LogP contribution is -2.25. The van der Waals surface area contributed by atoms with Gasteiger partial charge in [0.15, 0.2) is 0 Å². The van der Waals surface area contributed by atoms with E-state index in [4.69, 9.17) is 10.8 Å². The second kappa shape index (κ2) is 4.72.